The Balaban J connectivity index is 1.77. The van der Waals surface area contributed by atoms with E-state index >= 15 is 0 Å². The fourth-order valence-corrected chi connectivity index (χ4v) is 3.12. The molecule has 1 amide bonds. The van der Waals surface area contributed by atoms with E-state index in [4.69, 9.17) is 0 Å². The summed E-state index contributed by atoms with van der Waals surface area (Å²) < 4.78 is 0. The summed E-state index contributed by atoms with van der Waals surface area (Å²) in [4.78, 5) is 15.1. The molecule has 3 heteroatoms. The first kappa shape index (κ1) is 13.5. The molecule has 1 heterocycles. The molecule has 0 bridgehead atoms. The molecule has 0 radical (unpaired) electrons. The van der Waals surface area contributed by atoms with Gasteiger partial charge in [0.2, 0.25) is 5.91 Å². The molecule has 1 aliphatic rings. The zero-order valence-electron chi connectivity index (χ0n) is 11.2. The number of benzene rings is 1. The first-order chi connectivity index (χ1) is 8.66. The number of carbonyl (C=O) groups is 1. The Hall–Kier alpha value is -0.960. The summed E-state index contributed by atoms with van der Waals surface area (Å²) >= 11 is 1.78. The number of hydrogen-bond acceptors (Lipinski definition) is 2. The summed E-state index contributed by atoms with van der Waals surface area (Å²) in [6, 6.07) is 6.51. The van der Waals surface area contributed by atoms with Gasteiger partial charge in [0.25, 0.3) is 0 Å². The van der Waals surface area contributed by atoms with Gasteiger partial charge in [-0.15, -0.1) is 11.8 Å². The molecule has 0 spiro atoms. The van der Waals surface area contributed by atoms with Gasteiger partial charge in [0.1, 0.15) is 0 Å². The van der Waals surface area contributed by atoms with Gasteiger partial charge >= 0.3 is 0 Å². The van der Waals surface area contributed by atoms with Gasteiger partial charge in [-0.1, -0.05) is 6.07 Å². The van der Waals surface area contributed by atoms with Gasteiger partial charge in [-0.05, 0) is 49.9 Å². The van der Waals surface area contributed by atoms with Crippen LogP contribution in [0.5, 0.6) is 0 Å². The van der Waals surface area contributed by atoms with Crippen LogP contribution in [0.3, 0.4) is 0 Å². The first-order valence-corrected chi connectivity index (χ1v) is 7.63. The molecule has 2 rings (SSSR count). The summed E-state index contributed by atoms with van der Waals surface area (Å²) in [7, 11) is 0. The Kier molecular flexibility index (Phi) is 4.70. The van der Waals surface area contributed by atoms with E-state index in [1.807, 2.05) is 4.90 Å². The average Bonchev–Trinajstić information content (AvgIpc) is 2.87. The van der Waals surface area contributed by atoms with Crippen LogP contribution in [0.15, 0.2) is 23.1 Å². The average molecular weight is 263 g/mol. The van der Waals surface area contributed by atoms with Gasteiger partial charge in [0.05, 0.1) is 0 Å². The van der Waals surface area contributed by atoms with Crippen molar-refractivity contribution in [2.45, 2.75) is 38.0 Å². The topological polar surface area (TPSA) is 20.3 Å². The number of aryl methyl sites for hydroxylation is 2. The second kappa shape index (κ2) is 6.28. The second-order valence-corrected chi connectivity index (χ2v) is 6.10. The highest BCUT2D eigenvalue weighted by Crippen LogP contribution is 2.22. The molecule has 0 unspecified atom stereocenters. The maximum Gasteiger partial charge on any atom is 0.223 e. The molecular weight excluding hydrogens is 242 g/mol. The molecule has 0 N–H and O–H groups in total. The molecule has 1 saturated heterocycles. The number of nitrogens with zero attached hydrogens (tertiary/aromatic N) is 1. The van der Waals surface area contributed by atoms with Crippen LogP contribution in [0.25, 0.3) is 0 Å². The lowest BCUT2D eigenvalue weighted by molar-refractivity contribution is -0.129. The normalized spacial score (nSPS) is 15.1. The molecular formula is C15H21NOS. The molecule has 0 aliphatic carbocycles. The highest BCUT2D eigenvalue weighted by Gasteiger charge is 2.17. The van der Waals surface area contributed by atoms with Crippen molar-refractivity contribution in [2.75, 3.05) is 18.8 Å². The van der Waals surface area contributed by atoms with Crippen molar-refractivity contribution in [1.29, 1.82) is 0 Å². The van der Waals surface area contributed by atoms with E-state index in [1.165, 1.54) is 28.9 Å². The minimum absolute atomic E-state index is 0.323. The lowest BCUT2D eigenvalue weighted by Crippen LogP contribution is -2.27. The van der Waals surface area contributed by atoms with Crippen molar-refractivity contribution >= 4 is 17.7 Å². The van der Waals surface area contributed by atoms with Crippen LogP contribution < -0.4 is 0 Å². The Morgan fingerprint density at radius 2 is 1.94 bits per heavy atom. The number of carbonyl (C=O) groups excluding carboxylic acids is 1. The molecule has 0 aromatic heterocycles. The highest BCUT2D eigenvalue weighted by molar-refractivity contribution is 7.99. The largest absolute Gasteiger partial charge is 0.343 e. The lowest BCUT2D eigenvalue weighted by atomic mass is 10.1. The number of hydrogen-bond donors (Lipinski definition) is 0. The first-order valence-electron chi connectivity index (χ1n) is 6.64. The fourth-order valence-electron chi connectivity index (χ4n) is 2.18. The molecule has 2 nitrogen and oxygen atoms in total. The van der Waals surface area contributed by atoms with Gasteiger partial charge in [-0.3, -0.25) is 4.79 Å². The van der Waals surface area contributed by atoms with E-state index in [2.05, 4.69) is 32.0 Å². The molecule has 1 aromatic carbocycles. The van der Waals surface area contributed by atoms with Crippen molar-refractivity contribution in [3.8, 4) is 0 Å². The van der Waals surface area contributed by atoms with Gasteiger partial charge in [0, 0.05) is 30.2 Å². The predicted octanol–water partition coefficient (Wildman–Crippen LogP) is 3.41. The second-order valence-electron chi connectivity index (χ2n) is 4.93. The number of amides is 1. The maximum absolute atomic E-state index is 11.9. The Labute approximate surface area is 114 Å². The Bertz CT molecular complexity index is 425. The number of rotatable bonds is 4. The third-order valence-electron chi connectivity index (χ3n) is 3.52. The van der Waals surface area contributed by atoms with Crippen molar-refractivity contribution in [3.63, 3.8) is 0 Å². The van der Waals surface area contributed by atoms with Crippen LogP contribution in [-0.2, 0) is 4.79 Å². The molecule has 1 aliphatic heterocycles. The summed E-state index contributed by atoms with van der Waals surface area (Å²) in [6.45, 7) is 6.19. The van der Waals surface area contributed by atoms with Gasteiger partial charge in [-0.2, -0.15) is 0 Å². The molecule has 18 heavy (non-hydrogen) atoms. The van der Waals surface area contributed by atoms with Crippen LogP contribution in [0.2, 0.25) is 0 Å². The van der Waals surface area contributed by atoms with E-state index in [1.54, 1.807) is 11.8 Å². The van der Waals surface area contributed by atoms with Crippen LogP contribution in [0.1, 0.15) is 30.4 Å². The van der Waals surface area contributed by atoms with E-state index in [9.17, 15) is 4.79 Å². The summed E-state index contributed by atoms with van der Waals surface area (Å²) in [5.41, 5.74) is 2.65. The highest BCUT2D eigenvalue weighted by atomic mass is 32.2. The van der Waals surface area contributed by atoms with E-state index in [-0.39, 0.29) is 0 Å². The fraction of sp³-hybridized carbons (Fsp3) is 0.533. The van der Waals surface area contributed by atoms with Gasteiger partial charge < -0.3 is 4.90 Å². The van der Waals surface area contributed by atoms with Crippen molar-refractivity contribution in [2.24, 2.45) is 0 Å². The Morgan fingerprint density at radius 3 is 2.61 bits per heavy atom. The van der Waals surface area contributed by atoms with Crippen LogP contribution in [0.4, 0.5) is 0 Å². The van der Waals surface area contributed by atoms with E-state index in [0.717, 1.165) is 18.8 Å². The third-order valence-corrected chi connectivity index (χ3v) is 4.52. The number of thioether (sulfide) groups is 1. The summed E-state index contributed by atoms with van der Waals surface area (Å²) in [6.07, 6.45) is 3.02. The van der Waals surface area contributed by atoms with Crippen LogP contribution >= 0.6 is 11.8 Å². The van der Waals surface area contributed by atoms with Crippen molar-refractivity contribution in [1.82, 2.24) is 4.90 Å². The van der Waals surface area contributed by atoms with Crippen molar-refractivity contribution < 1.29 is 4.79 Å². The van der Waals surface area contributed by atoms with Crippen molar-refractivity contribution in [3.05, 3.63) is 29.3 Å². The molecule has 0 atom stereocenters. The maximum atomic E-state index is 11.9. The molecule has 1 fully saturated rings. The summed E-state index contributed by atoms with van der Waals surface area (Å²) in [5, 5.41) is 0. The third kappa shape index (κ3) is 3.52. The van der Waals surface area contributed by atoms with Crippen LogP contribution in [-0.4, -0.2) is 29.6 Å². The lowest BCUT2D eigenvalue weighted by Gasteiger charge is -2.14. The zero-order chi connectivity index (χ0) is 13.0. The standard InChI is InChI=1S/C15H21NOS/c1-12-5-6-14(11-13(12)2)18-10-7-15(17)16-8-3-4-9-16/h5-6,11H,3-4,7-10H2,1-2H3. The minimum Gasteiger partial charge on any atom is -0.343 e. The van der Waals surface area contributed by atoms with Gasteiger partial charge in [-0.25, -0.2) is 0 Å². The molecule has 1 aromatic rings. The van der Waals surface area contributed by atoms with Crippen LogP contribution in [0, 0.1) is 13.8 Å². The van der Waals surface area contributed by atoms with Gasteiger partial charge in [0.15, 0.2) is 0 Å². The minimum atomic E-state index is 0.323. The smallest absolute Gasteiger partial charge is 0.223 e. The zero-order valence-corrected chi connectivity index (χ0v) is 12.1. The van der Waals surface area contributed by atoms with E-state index < -0.39 is 0 Å². The number of likely N-dealkylation sites (tertiary alicyclic amines) is 1. The SMILES string of the molecule is Cc1ccc(SCCC(=O)N2CCCC2)cc1C. The quantitative estimate of drug-likeness (QED) is 0.776. The Morgan fingerprint density at radius 1 is 1.22 bits per heavy atom. The monoisotopic (exact) mass is 263 g/mol. The van der Waals surface area contributed by atoms with E-state index in [0.29, 0.717) is 12.3 Å². The predicted molar refractivity (Wildman–Crippen MR) is 77.1 cm³/mol. The molecule has 98 valence electrons. The molecule has 0 saturated carbocycles. The summed E-state index contributed by atoms with van der Waals surface area (Å²) in [5.74, 6) is 1.21.